The second kappa shape index (κ2) is 9.16. The van der Waals surface area contributed by atoms with E-state index < -0.39 is 17.7 Å². The maximum absolute atomic E-state index is 12.5. The number of halogens is 3. The molecule has 0 bridgehead atoms. The van der Waals surface area contributed by atoms with Crippen LogP contribution in [-0.2, 0) is 15.7 Å². The SMILES string of the molecule is C=C(C)C(=O)OCCN(C)c1ccc(N=Nc2ccc(C(F)(F)F)cc2)cc1. The van der Waals surface area contributed by atoms with Gasteiger partial charge in [0.1, 0.15) is 6.61 Å². The molecule has 0 fully saturated rings. The number of hydrogen-bond donors (Lipinski definition) is 0. The molecule has 2 rings (SSSR count). The standard InChI is InChI=1S/C20H20F3N3O2/c1-14(2)19(27)28-13-12-26(3)18-10-8-17(9-11-18)25-24-16-6-4-15(5-7-16)20(21,22)23/h4-11H,1,12-13H2,2-3H3. The van der Waals surface area contributed by atoms with Crippen molar-refractivity contribution in [1.82, 2.24) is 0 Å². The Kier molecular flexibility index (Phi) is 6.92. The van der Waals surface area contributed by atoms with Gasteiger partial charge in [-0.2, -0.15) is 23.4 Å². The van der Waals surface area contributed by atoms with Crippen molar-refractivity contribution in [2.24, 2.45) is 10.2 Å². The lowest BCUT2D eigenvalue weighted by Gasteiger charge is -2.19. The van der Waals surface area contributed by atoms with Gasteiger partial charge in [-0.3, -0.25) is 0 Å². The molecule has 0 unspecified atom stereocenters. The van der Waals surface area contributed by atoms with Crippen LogP contribution < -0.4 is 4.90 Å². The van der Waals surface area contributed by atoms with E-state index in [0.29, 0.717) is 23.5 Å². The van der Waals surface area contributed by atoms with Gasteiger partial charge in [0.15, 0.2) is 0 Å². The summed E-state index contributed by atoms with van der Waals surface area (Å²) in [6.07, 6.45) is -4.37. The van der Waals surface area contributed by atoms with Crippen molar-refractivity contribution in [1.29, 1.82) is 0 Å². The van der Waals surface area contributed by atoms with Gasteiger partial charge in [-0.05, 0) is 55.5 Å². The quantitative estimate of drug-likeness (QED) is 0.347. The van der Waals surface area contributed by atoms with E-state index in [-0.39, 0.29) is 6.61 Å². The molecule has 5 nitrogen and oxygen atoms in total. The van der Waals surface area contributed by atoms with Gasteiger partial charge >= 0.3 is 12.1 Å². The maximum atomic E-state index is 12.5. The average Bonchev–Trinajstić information content (AvgIpc) is 2.66. The molecule has 0 amide bonds. The summed E-state index contributed by atoms with van der Waals surface area (Å²) in [4.78, 5) is 13.2. The number of likely N-dealkylation sites (N-methyl/N-ethyl adjacent to an activating group) is 1. The molecular formula is C20H20F3N3O2. The molecule has 0 atom stereocenters. The summed E-state index contributed by atoms with van der Waals surface area (Å²) in [5, 5.41) is 7.96. The number of nitrogens with zero attached hydrogens (tertiary/aromatic N) is 3. The fourth-order valence-electron chi connectivity index (χ4n) is 2.13. The Morgan fingerprint density at radius 3 is 2.00 bits per heavy atom. The third kappa shape index (κ3) is 6.22. The molecule has 0 aliphatic carbocycles. The first-order valence-corrected chi connectivity index (χ1v) is 8.39. The Hall–Kier alpha value is -3.16. The van der Waals surface area contributed by atoms with Crippen LogP contribution in [0.1, 0.15) is 12.5 Å². The Morgan fingerprint density at radius 2 is 1.54 bits per heavy atom. The number of hydrogen-bond acceptors (Lipinski definition) is 5. The first-order valence-electron chi connectivity index (χ1n) is 8.39. The Morgan fingerprint density at radius 1 is 1.04 bits per heavy atom. The number of rotatable bonds is 7. The third-order valence-corrected chi connectivity index (χ3v) is 3.77. The van der Waals surface area contributed by atoms with Crippen LogP contribution in [0.2, 0.25) is 0 Å². The van der Waals surface area contributed by atoms with Gasteiger partial charge in [0.25, 0.3) is 0 Å². The number of alkyl halides is 3. The zero-order valence-electron chi connectivity index (χ0n) is 15.5. The van der Waals surface area contributed by atoms with E-state index in [2.05, 4.69) is 16.8 Å². The number of esters is 1. The average molecular weight is 391 g/mol. The smallest absolute Gasteiger partial charge is 0.416 e. The largest absolute Gasteiger partial charge is 0.460 e. The van der Waals surface area contributed by atoms with Gasteiger partial charge < -0.3 is 9.64 Å². The summed E-state index contributed by atoms with van der Waals surface area (Å²) in [5.41, 5.74) is 1.40. The molecule has 0 spiro atoms. The Balaban J connectivity index is 1.92. The highest BCUT2D eigenvalue weighted by Gasteiger charge is 2.29. The van der Waals surface area contributed by atoms with Crippen molar-refractivity contribution < 1.29 is 22.7 Å². The second-order valence-corrected chi connectivity index (χ2v) is 6.10. The molecule has 0 N–H and O–H groups in total. The number of carbonyl (C=O) groups excluding carboxylic acids is 1. The van der Waals surface area contributed by atoms with Gasteiger partial charge in [0.05, 0.1) is 23.5 Å². The van der Waals surface area contributed by atoms with Gasteiger partial charge in [0, 0.05) is 18.3 Å². The summed E-state index contributed by atoms with van der Waals surface area (Å²) in [7, 11) is 1.85. The monoisotopic (exact) mass is 391 g/mol. The van der Waals surface area contributed by atoms with Crippen LogP contribution in [0, 0.1) is 0 Å². The summed E-state index contributed by atoms with van der Waals surface area (Å²) < 4.78 is 42.7. The highest BCUT2D eigenvalue weighted by molar-refractivity contribution is 5.86. The predicted molar refractivity (Wildman–Crippen MR) is 101 cm³/mol. The second-order valence-electron chi connectivity index (χ2n) is 6.10. The lowest BCUT2D eigenvalue weighted by atomic mass is 10.2. The molecule has 148 valence electrons. The number of benzene rings is 2. The summed E-state index contributed by atoms with van der Waals surface area (Å²) >= 11 is 0. The van der Waals surface area contributed by atoms with Gasteiger partial charge in [0.2, 0.25) is 0 Å². The van der Waals surface area contributed by atoms with Crippen molar-refractivity contribution in [2.45, 2.75) is 13.1 Å². The minimum Gasteiger partial charge on any atom is -0.460 e. The third-order valence-electron chi connectivity index (χ3n) is 3.77. The Bertz CT molecular complexity index is 844. The molecule has 28 heavy (non-hydrogen) atoms. The van der Waals surface area contributed by atoms with Gasteiger partial charge in [-0.1, -0.05) is 6.58 Å². The van der Waals surface area contributed by atoms with Crippen molar-refractivity contribution in [3.8, 4) is 0 Å². The van der Waals surface area contributed by atoms with Crippen LogP contribution in [0.5, 0.6) is 0 Å². The Labute approximate surface area is 161 Å². The predicted octanol–water partition coefficient (Wildman–Crippen LogP) is 5.68. The van der Waals surface area contributed by atoms with Crippen LogP contribution in [0.25, 0.3) is 0 Å². The molecular weight excluding hydrogens is 371 g/mol. The molecule has 2 aromatic carbocycles. The van der Waals surface area contributed by atoms with Crippen LogP contribution in [-0.4, -0.2) is 26.2 Å². The molecule has 8 heteroatoms. The van der Waals surface area contributed by atoms with E-state index in [9.17, 15) is 18.0 Å². The highest BCUT2D eigenvalue weighted by Crippen LogP contribution is 2.30. The zero-order valence-corrected chi connectivity index (χ0v) is 15.5. The van der Waals surface area contributed by atoms with Crippen molar-refractivity contribution >= 4 is 23.0 Å². The van der Waals surface area contributed by atoms with E-state index in [4.69, 9.17) is 4.74 Å². The first-order chi connectivity index (χ1) is 13.2. The van der Waals surface area contributed by atoms with Crippen molar-refractivity contribution in [2.75, 3.05) is 25.1 Å². The van der Waals surface area contributed by atoms with Crippen LogP contribution in [0.4, 0.5) is 30.2 Å². The molecule has 0 aromatic heterocycles. The van der Waals surface area contributed by atoms with Crippen molar-refractivity contribution in [3.05, 3.63) is 66.2 Å². The van der Waals surface area contributed by atoms with Crippen molar-refractivity contribution in [3.63, 3.8) is 0 Å². The van der Waals surface area contributed by atoms with Crippen LogP contribution in [0.3, 0.4) is 0 Å². The van der Waals surface area contributed by atoms with Crippen LogP contribution in [0.15, 0.2) is 70.9 Å². The summed E-state index contributed by atoms with van der Waals surface area (Å²) in [6.45, 7) is 5.84. The maximum Gasteiger partial charge on any atom is 0.416 e. The highest BCUT2D eigenvalue weighted by atomic mass is 19.4. The molecule has 2 aromatic rings. The molecule has 0 radical (unpaired) electrons. The van der Waals surface area contributed by atoms with Gasteiger partial charge in [-0.25, -0.2) is 4.79 Å². The minimum atomic E-state index is -4.37. The van der Waals surface area contributed by atoms with E-state index in [1.165, 1.54) is 12.1 Å². The van der Waals surface area contributed by atoms with E-state index in [1.807, 2.05) is 24.1 Å². The fourth-order valence-corrected chi connectivity index (χ4v) is 2.13. The number of anilines is 1. The number of azo groups is 1. The minimum absolute atomic E-state index is 0.234. The summed E-state index contributed by atoms with van der Waals surface area (Å²) in [6, 6.07) is 11.6. The van der Waals surface area contributed by atoms with E-state index in [0.717, 1.165) is 17.8 Å². The summed E-state index contributed by atoms with van der Waals surface area (Å²) in [5.74, 6) is -0.424. The first kappa shape index (κ1) is 21.1. The fraction of sp³-hybridized carbons (Fsp3) is 0.250. The van der Waals surface area contributed by atoms with Gasteiger partial charge in [-0.15, -0.1) is 0 Å². The topological polar surface area (TPSA) is 54.3 Å². The molecule has 0 saturated heterocycles. The van der Waals surface area contributed by atoms with Crippen LogP contribution >= 0.6 is 0 Å². The zero-order chi connectivity index (χ0) is 20.7. The normalized spacial score (nSPS) is 11.5. The number of ether oxygens (including phenoxy) is 1. The van der Waals surface area contributed by atoms with E-state index in [1.54, 1.807) is 19.1 Å². The molecule has 0 heterocycles. The lowest BCUT2D eigenvalue weighted by Crippen LogP contribution is -2.23. The molecule has 0 saturated carbocycles. The lowest BCUT2D eigenvalue weighted by molar-refractivity contribution is -0.139. The van der Waals surface area contributed by atoms with E-state index >= 15 is 0 Å². The number of carbonyl (C=O) groups is 1. The molecule has 0 aliphatic heterocycles. The molecule has 0 aliphatic rings.